The van der Waals surface area contributed by atoms with Gasteiger partial charge in [-0.3, -0.25) is 4.90 Å². The summed E-state index contributed by atoms with van der Waals surface area (Å²) >= 11 is 0. The lowest BCUT2D eigenvalue weighted by atomic mass is 9.62. The van der Waals surface area contributed by atoms with Crippen LogP contribution < -0.4 is 10.5 Å². The van der Waals surface area contributed by atoms with E-state index in [2.05, 4.69) is 43.0 Å². The number of nitrogens with zero attached hydrogens (tertiary/aromatic N) is 1. The van der Waals surface area contributed by atoms with Gasteiger partial charge in [0.05, 0.1) is 0 Å². The largest absolute Gasteiger partial charge is 0.492 e. The molecule has 1 atom stereocenters. The molecule has 0 amide bonds. The Hall–Kier alpha value is -1.06. The molecule has 2 aliphatic rings. The van der Waals surface area contributed by atoms with Gasteiger partial charge in [0, 0.05) is 30.7 Å². The fraction of sp³-hybridized carbons (Fsp3) is 0.667. The fourth-order valence-electron chi connectivity index (χ4n) is 4.34. The minimum atomic E-state index is 0.103. The first kappa shape index (κ1) is 14.9. The number of hydrogen-bond acceptors (Lipinski definition) is 3. The molecule has 1 unspecified atom stereocenters. The van der Waals surface area contributed by atoms with Crippen molar-refractivity contribution in [1.82, 2.24) is 4.90 Å². The summed E-state index contributed by atoms with van der Waals surface area (Å²) in [4.78, 5) is 2.61. The summed E-state index contributed by atoms with van der Waals surface area (Å²) in [6, 6.07) is 8.43. The smallest absolute Gasteiger partial charge is 0.123 e. The molecule has 3 heteroatoms. The lowest BCUT2D eigenvalue weighted by molar-refractivity contribution is -0.0505. The molecule has 21 heavy (non-hydrogen) atoms. The molecule has 2 N–H and O–H groups in total. The van der Waals surface area contributed by atoms with Crippen LogP contribution >= 0.6 is 0 Å². The highest BCUT2D eigenvalue weighted by atomic mass is 16.5. The number of ether oxygens (including phenoxy) is 1. The van der Waals surface area contributed by atoms with E-state index >= 15 is 0 Å². The van der Waals surface area contributed by atoms with Crippen LogP contribution in [0.25, 0.3) is 0 Å². The van der Waals surface area contributed by atoms with Gasteiger partial charge in [-0.2, -0.15) is 0 Å². The Morgan fingerprint density at radius 2 is 1.95 bits per heavy atom. The van der Waals surface area contributed by atoms with Crippen LogP contribution in [0.1, 0.15) is 45.1 Å². The van der Waals surface area contributed by atoms with E-state index in [9.17, 15) is 0 Å². The van der Waals surface area contributed by atoms with Gasteiger partial charge in [0.15, 0.2) is 0 Å². The Kier molecular flexibility index (Phi) is 3.98. The van der Waals surface area contributed by atoms with Crippen molar-refractivity contribution >= 4 is 0 Å². The first-order valence-electron chi connectivity index (χ1n) is 8.25. The van der Waals surface area contributed by atoms with Crippen LogP contribution in [-0.4, -0.2) is 30.1 Å². The van der Waals surface area contributed by atoms with Crippen LogP contribution in [0.3, 0.4) is 0 Å². The van der Waals surface area contributed by atoms with Crippen molar-refractivity contribution in [3.05, 3.63) is 29.8 Å². The van der Waals surface area contributed by atoms with Crippen molar-refractivity contribution in [2.24, 2.45) is 11.1 Å². The van der Waals surface area contributed by atoms with Crippen LogP contribution in [0.4, 0.5) is 0 Å². The van der Waals surface area contributed by atoms with Gasteiger partial charge in [0.25, 0.3) is 0 Å². The third-order valence-corrected chi connectivity index (χ3v) is 5.80. The second kappa shape index (κ2) is 5.62. The van der Waals surface area contributed by atoms with E-state index in [1.54, 1.807) is 0 Å². The SMILES string of the molecule is CC1(C)CCCCC1(CN)N1CCOc2ccccc2C1. The van der Waals surface area contributed by atoms with Gasteiger partial charge in [0.1, 0.15) is 12.4 Å². The molecule has 3 nitrogen and oxygen atoms in total. The number of hydrogen-bond donors (Lipinski definition) is 1. The predicted molar refractivity (Wildman–Crippen MR) is 86.4 cm³/mol. The van der Waals surface area contributed by atoms with Crippen LogP contribution in [0.5, 0.6) is 5.75 Å². The zero-order chi connectivity index (χ0) is 14.9. The van der Waals surface area contributed by atoms with E-state index in [1.165, 1.54) is 31.2 Å². The molecular weight excluding hydrogens is 260 g/mol. The summed E-state index contributed by atoms with van der Waals surface area (Å²) in [5, 5.41) is 0. The number of nitrogens with two attached hydrogens (primary N) is 1. The zero-order valence-electron chi connectivity index (χ0n) is 13.4. The van der Waals surface area contributed by atoms with Gasteiger partial charge < -0.3 is 10.5 Å². The normalized spacial score (nSPS) is 29.3. The van der Waals surface area contributed by atoms with E-state index in [0.29, 0.717) is 0 Å². The second-order valence-electron chi connectivity index (χ2n) is 7.20. The van der Waals surface area contributed by atoms with Crippen molar-refractivity contribution < 1.29 is 4.74 Å². The van der Waals surface area contributed by atoms with Crippen molar-refractivity contribution in [1.29, 1.82) is 0 Å². The monoisotopic (exact) mass is 288 g/mol. The highest BCUT2D eigenvalue weighted by Crippen LogP contribution is 2.48. The van der Waals surface area contributed by atoms with E-state index in [4.69, 9.17) is 10.5 Å². The van der Waals surface area contributed by atoms with Gasteiger partial charge in [-0.15, -0.1) is 0 Å². The third-order valence-electron chi connectivity index (χ3n) is 5.80. The number of fused-ring (bicyclic) bond motifs is 1. The quantitative estimate of drug-likeness (QED) is 0.908. The molecule has 1 heterocycles. The van der Waals surface area contributed by atoms with Crippen LogP contribution in [-0.2, 0) is 6.54 Å². The Bertz CT molecular complexity index is 500. The van der Waals surface area contributed by atoms with Gasteiger partial charge >= 0.3 is 0 Å². The molecule has 3 rings (SSSR count). The molecule has 1 aliphatic heterocycles. The van der Waals surface area contributed by atoms with Crippen molar-refractivity contribution in [3.8, 4) is 5.75 Å². The molecule has 1 saturated carbocycles. The molecule has 0 radical (unpaired) electrons. The van der Waals surface area contributed by atoms with Crippen molar-refractivity contribution in [3.63, 3.8) is 0 Å². The minimum Gasteiger partial charge on any atom is -0.492 e. The molecule has 1 aliphatic carbocycles. The standard InChI is InChI=1S/C18H28N2O/c1-17(2)9-5-6-10-18(17,14-19)20-11-12-21-16-8-4-3-7-15(16)13-20/h3-4,7-8H,5-6,9-14,19H2,1-2H3. The van der Waals surface area contributed by atoms with Crippen LogP contribution in [0.15, 0.2) is 24.3 Å². The van der Waals surface area contributed by atoms with E-state index in [0.717, 1.165) is 32.0 Å². The molecule has 0 bridgehead atoms. The molecule has 1 aromatic rings. The summed E-state index contributed by atoms with van der Waals surface area (Å²) in [5.74, 6) is 1.04. The van der Waals surface area contributed by atoms with Gasteiger partial charge in [-0.05, 0) is 24.3 Å². The molecule has 1 fully saturated rings. The van der Waals surface area contributed by atoms with E-state index < -0.39 is 0 Å². The average molecular weight is 288 g/mol. The fourth-order valence-corrected chi connectivity index (χ4v) is 4.34. The van der Waals surface area contributed by atoms with E-state index in [1.807, 2.05) is 0 Å². The highest BCUT2D eigenvalue weighted by molar-refractivity contribution is 5.34. The molecule has 116 valence electrons. The maximum Gasteiger partial charge on any atom is 0.123 e. The maximum absolute atomic E-state index is 6.33. The highest BCUT2D eigenvalue weighted by Gasteiger charge is 2.49. The first-order valence-corrected chi connectivity index (χ1v) is 8.25. The first-order chi connectivity index (χ1) is 10.1. The molecule has 0 saturated heterocycles. The Balaban J connectivity index is 1.94. The summed E-state index contributed by atoms with van der Waals surface area (Å²) in [7, 11) is 0. The molecule has 0 aromatic heterocycles. The minimum absolute atomic E-state index is 0.103. The topological polar surface area (TPSA) is 38.5 Å². The van der Waals surface area contributed by atoms with Gasteiger partial charge in [-0.1, -0.05) is 44.9 Å². The third kappa shape index (κ3) is 2.47. The average Bonchev–Trinajstić information content (AvgIpc) is 2.69. The summed E-state index contributed by atoms with van der Waals surface area (Å²) in [6.45, 7) is 8.22. The summed E-state index contributed by atoms with van der Waals surface area (Å²) in [5.41, 5.74) is 8.00. The molecular formula is C18H28N2O. The Morgan fingerprint density at radius 1 is 1.19 bits per heavy atom. The second-order valence-corrected chi connectivity index (χ2v) is 7.20. The Morgan fingerprint density at radius 3 is 2.71 bits per heavy atom. The molecule has 0 spiro atoms. The van der Waals surface area contributed by atoms with Gasteiger partial charge in [-0.25, -0.2) is 0 Å². The van der Waals surface area contributed by atoms with Crippen molar-refractivity contribution in [2.75, 3.05) is 19.7 Å². The summed E-state index contributed by atoms with van der Waals surface area (Å²) < 4.78 is 5.94. The number of rotatable bonds is 2. The maximum atomic E-state index is 6.33. The Labute approximate surface area is 128 Å². The number of para-hydroxylation sites is 1. The zero-order valence-corrected chi connectivity index (χ0v) is 13.4. The summed E-state index contributed by atoms with van der Waals surface area (Å²) in [6.07, 6.45) is 5.09. The van der Waals surface area contributed by atoms with Crippen LogP contribution in [0, 0.1) is 5.41 Å². The number of benzene rings is 1. The van der Waals surface area contributed by atoms with E-state index in [-0.39, 0.29) is 11.0 Å². The van der Waals surface area contributed by atoms with Crippen LogP contribution in [0.2, 0.25) is 0 Å². The van der Waals surface area contributed by atoms with Crippen molar-refractivity contribution in [2.45, 2.75) is 51.6 Å². The molecule has 1 aromatic carbocycles. The van der Waals surface area contributed by atoms with Gasteiger partial charge in [0.2, 0.25) is 0 Å². The lowest BCUT2D eigenvalue weighted by Gasteiger charge is -2.56. The predicted octanol–water partition coefficient (Wildman–Crippen LogP) is 3.18. The lowest BCUT2D eigenvalue weighted by Crippen LogP contribution is -2.63.